The van der Waals surface area contributed by atoms with Crippen molar-refractivity contribution in [3.05, 3.63) is 96.8 Å². The van der Waals surface area contributed by atoms with Crippen LogP contribution in [0.4, 0.5) is 0 Å². The Balaban J connectivity index is 1.77. The molecule has 3 nitrogen and oxygen atoms in total. The minimum Gasteiger partial charge on any atom is -0.457 e. The third-order valence-electron chi connectivity index (χ3n) is 4.54. The van der Waals surface area contributed by atoms with Gasteiger partial charge in [0, 0.05) is 24.0 Å². The Kier molecular flexibility index (Phi) is 4.75. The lowest BCUT2D eigenvalue weighted by atomic mass is 10.0. The van der Waals surface area contributed by atoms with Gasteiger partial charge in [0.15, 0.2) is 0 Å². The lowest BCUT2D eigenvalue weighted by Gasteiger charge is -2.16. The number of imidazole rings is 1. The average molecular weight is 354 g/mol. The van der Waals surface area contributed by atoms with Gasteiger partial charge in [0.1, 0.15) is 17.3 Å². The Labute approximate surface area is 159 Å². The molecule has 0 fully saturated rings. The predicted molar refractivity (Wildman–Crippen MR) is 110 cm³/mol. The number of rotatable bonds is 5. The summed E-state index contributed by atoms with van der Waals surface area (Å²) in [5, 5.41) is 0. The summed E-state index contributed by atoms with van der Waals surface area (Å²) in [7, 11) is 0. The van der Waals surface area contributed by atoms with Crippen LogP contribution in [0.1, 0.15) is 25.3 Å². The first kappa shape index (κ1) is 17.1. The van der Waals surface area contributed by atoms with Gasteiger partial charge < -0.3 is 4.74 Å². The first-order valence-electron chi connectivity index (χ1n) is 9.18. The van der Waals surface area contributed by atoms with E-state index < -0.39 is 0 Å². The molecule has 0 saturated carbocycles. The summed E-state index contributed by atoms with van der Waals surface area (Å²) in [5.74, 6) is 3.00. The molecule has 4 aromatic rings. The van der Waals surface area contributed by atoms with Gasteiger partial charge in [-0.1, -0.05) is 68.4 Å². The Bertz CT molecular complexity index is 1020. The normalized spacial score (nSPS) is 10.9. The van der Waals surface area contributed by atoms with E-state index in [1.807, 2.05) is 60.9 Å². The van der Waals surface area contributed by atoms with E-state index in [-0.39, 0.29) is 0 Å². The van der Waals surface area contributed by atoms with Crippen LogP contribution in [0.3, 0.4) is 0 Å². The summed E-state index contributed by atoms with van der Waals surface area (Å²) in [6.45, 7) is 4.36. The molecule has 1 aromatic heterocycles. The minimum atomic E-state index is 0.370. The summed E-state index contributed by atoms with van der Waals surface area (Å²) in [4.78, 5) is 4.56. The molecule has 3 aromatic carbocycles. The molecular weight excluding hydrogens is 332 g/mol. The van der Waals surface area contributed by atoms with Gasteiger partial charge in [-0.3, -0.25) is 4.57 Å². The second-order valence-corrected chi connectivity index (χ2v) is 6.78. The van der Waals surface area contributed by atoms with Crippen LogP contribution in [-0.2, 0) is 0 Å². The van der Waals surface area contributed by atoms with Crippen LogP contribution in [0.5, 0.6) is 11.5 Å². The van der Waals surface area contributed by atoms with Gasteiger partial charge in [-0.05, 0) is 29.7 Å². The van der Waals surface area contributed by atoms with Gasteiger partial charge in [-0.2, -0.15) is 0 Å². The Hall–Kier alpha value is -3.33. The third kappa shape index (κ3) is 3.63. The smallest absolute Gasteiger partial charge is 0.144 e. The highest BCUT2D eigenvalue weighted by molar-refractivity contribution is 5.59. The van der Waals surface area contributed by atoms with E-state index in [2.05, 4.69) is 53.7 Å². The summed E-state index contributed by atoms with van der Waals surface area (Å²) in [5.41, 5.74) is 3.30. The van der Waals surface area contributed by atoms with Crippen LogP contribution < -0.4 is 4.74 Å². The highest BCUT2D eigenvalue weighted by Gasteiger charge is 2.13. The third-order valence-corrected chi connectivity index (χ3v) is 4.54. The molecule has 1 heterocycles. The van der Waals surface area contributed by atoms with Crippen molar-refractivity contribution >= 4 is 0 Å². The molecule has 0 bridgehead atoms. The van der Waals surface area contributed by atoms with Crippen molar-refractivity contribution in [3.8, 4) is 28.6 Å². The van der Waals surface area contributed by atoms with Gasteiger partial charge in [0.25, 0.3) is 0 Å². The largest absolute Gasteiger partial charge is 0.457 e. The van der Waals surface area contributed by atoms with Gasteiger partial charge >= 0.3 is 0 Å². The van der Waals surface area contributed by atoms with E-state index in [4.69, 9.17) is 4.74 Å². The number of aromatic nitrogens is 2. The van der Waals surface area contributed by atoms with Crippen molar-refractivity contribution < 1.29 is 4.74 Å². The summed E-state index contributed by atoms with van der Waals surface area (Å²) >= 11 is 0. The molecule has 0 aliphatic carbocycles. The molecule has 0 aliphatic heterocycles. The molecule has 0 radical (unpaired) electrons. The van der Waals surface area contributed by atoms with Crippen LogP contribution in [0.25, 0.3) is 17.1 Å². The minimum absolute atomic E-state index is 0.370. The Morgan fingerprint density at radius 1 is 0.852 bits per heavy atom. The molecule has 4 rings (SSSR count). The van der Waals surface area contributed by atoms with E-state index in [1.165, 1.54) is 5.56 Å². The molecule has 134 valence electrons. The highest BCUT2D eigenvalue weighted by atomic mass is 16.5. The molecule has 27 heavy (non-hydrogen) atoms. The Morgan fingerprint density at radius 2 is 1.56 bits per heavy atom. The number of ether oxygens (including phenoxy) is 1. The molecular formula is C24H22N2O. The second-order valence-electron chi connectivity index (χ2n) is 6.78. The van der Waals surface area contributed by atoms with E-state index >= 15 is 0 Å². The lowest BCUT2D eigenvalue weighted by Crippen LogP contribution is -2.00. The standard InChI is InChI=1S/C24H22N2O/c1-18(2)22-14-13-20(17-23(22)27-21-11-7-4-8-12-21)26-16-15-25-24(26)19-9-5-3-6-10-19/h3-18H,1-2H3. The maximum Gasteiger partial charge on any atom is 0.144 e. The molecule has 0 unspecified atom stereocenters. The van der Waals surface area contributed by atoms with Crippen molar-refractivity contribution in [2.45, 2.75) is 19.8 Å². The summed E-state index contributed by atoms with van der Waals surface area (Å²) in [6, 6.07) is 26.5. The van der Waals surface area contributed by atoms with Gasteiger partial charge in [0.05, 0.1) is 5.69 Å². The zero-order valence-electron chi connectivity index (χ0n) is 15.5. The number of hydrogen-bond acceptors (Lipinski definition) is 2. The van der Waals surface area contributed by atoms with Crippen LogP contribution in [0, 0.1) is 0 Å². The summed E-state index contributed by atoms with van der Waals surface area (Å²) < 4.78 is 8.32. The topological polar surface area (TPSA) is 27.1 Å². The van der Waals surface area contributed by atoms with Crippen molar-refractivity contribution in [1.82, 2.24) is 9.55 Å². The zero-order chi connectivity index (χ0) is 18.6. The van der Waals surface area contributed by atoms with Crippen molar-refractivity contribution in [1.29, 1.82) is 0 Å². The van der Waals surface area contributed by atoms with Gasteiger partial charge in [-0.15, -0.1) is 0 Å². The van der Waals surface area contributed by atoms with Crippen molar-refractivity contribution in [2.24, 2.45) is 0 Å². The number of para-hydroxylation sites is 1. The second kappa shape index (κ2) is 7.50. The van der Waals surface area contributed by atoms with E-state index in [9.17, 15) is 0 Å². The molecule has 0 atom stereocenters. The predicted octanol–water partition coefficient (Wildman–Crippen LogP) is 6.46. The van der Waals surface area contributed by atoms with Crippen LogP contribution in [-0.4, -0.2) is 9.55 Å². The maximum absolute atomic E-state index is 6.22. The highest BCUT2D eigenvalue weighted by Crippen LogP contribution is 2.33. The summed E-state index contributed by atoms with van der Waals surface area (Å²) in [6.07, 6.45) is 3.81. The Morgan fingerprint density at radius 3 is 2.26 bits per heavy atom. The molecule has 0 saturated heterocycles. The van der Waals surface area contributed by atoms with Gasteiger partial charge in [0.2, 0.25) is 0 Å². The quantitative estimate of drug-likeness (QED) is 0.411. The SMILES string of the molecule is CC(C)c1ccc(-n2ccnc2-c2ccccc2)cc1Oc1ccccc1. The number of hydrogen-bond donors (Lipinski definition) is 0. The van der Waals surface area contributed by atoms with E-state index in [0.717, 1.165) is 28.6 Å². The number of benzene rings is 3. The lowest BCUT2D eigenvalue weighted by molar-refractivity contribution is 0.473. The van der Waals surface area contributed by atoms with Crippen molar-refractivity contribution in [3.63, 3.8) is 0 Å². The fraction of sp³-hybridized carbons (Fsp3) is 0.125. The monoisotopic (exact) mass is 354 g/mol. The maximum atomic E-state index is 6.22. The van der Waals surface area contributed by atoms with Crippen LogP contribution in [0.2, 0.25) is 0 Å². The van der Waals surface area contributed by atoms with Crippen molar-refractivity contribution in [2.75, 3.05) is 0 Å². The van der Waals surface area contributed by atoms with Gasteiger partial charge in [-0.25, -0.2) is 4.98 Å². The van der Waals surface area contributed by atoms with Crippen LogP contribution >= 0.6 is 0 Å². The van der Waals surface area contributed by atoms with E-state index in [1.54, 1.807) is 0 Å². The van der Waals surface area contributed by atoms with Crippen LogP contribution in [0.15, 0.2) is 91.3 Å². The molecule has 0 aliphatic rings. The van der Waals surface area contributed by atoms with E-state index in [0.29, 0.717) is 5.92 Å². The molecule has 0 spiro atoms. The molecule has 3 heteroatoms. The first-order chi connectivity index (χ1) is 13.2. The average Bonchev–Trinajstić information content (AvgIpc) is 3.19. The molecule has 0 N–H and O–H groups in total. The molecule has 0 amide bonds. The first-order valence-corrected chi connectivity index (χ1v) is 9.18. The number of nitrogens with zero attached hydrogens (tertiary/aromatic N) is 2. The fourth-order valence-electron chi connectivity index (χ4n) is 3.17. The zero-order valence-corrected chi connectivity index (χ0v) is 15.5. The fourth-order valence-corrected chi connectivity index (χ4v) is 3.17.